The molecule has 5 heteroatoms. The van der Waals surface area contributed by atoms with Gasteiger partial charge in [0.1, 0.15) is 5.82 Å². The molecule has 2 aromatic rings. The second kappa shape index (κ2) is 5.11. The highest BCUT2D eigenvalue weighted by molar-refractivity contribution is 5.39. The minimum atomic E-state index is -0.395. The maximum absolute atomic E-state index is 14.0. The molecular formula is C14H19FN4. The third kappa shape index (κ3) is 2.39. The van der Waals surface area contributed by atoms with Gasteiger partial charge in [-0.2, -0.15) is 5.10 Å². The number of nitrogens with zero attached hydrogens (tertiary/aromatic N) is 2. The predicted octanol–water partition coefficient (Wildman–Crippen LogP) is 2.04. The minimum Gasteiger partial charge on any atom is -0.272 e. The lowest BCUT2D eigenvalue weighted by Gasteiger charge is -2.18. The lowest BCUT2D eigenvalue weighted by atomic mass is 9.96. The van der Waals surface area contributed by atoms with Crippen molar-refractivity contribution in [1.29, 1.82) is 0 Å². The largest absolute Gasteiger partial charge is 0.272 e. The standard InChI is InChI=1S/C14H19FN4/c1-8-5-6-12(15)11(7-8)14(17-16)13-9(2)18-19(4)10(13)3/h5-7,14,17H,16H2,1-4H3. The van der Waals surface area contributed by atoms with Crippen LogP contribution in [0.1, 0.15) is 34.1 Å². The molecule has 0 saturated carbocycles. The molecule has 102 valence electrons. The topological polar surface area (TPSA) is 55.9 Å². The molecule has 0 aliphatic heterocycles. The van der Waals surface area contributed by atoms with E-state index in [0.29, 0.717) is 5.56 Å². The summed E-state index contributed by atoms with van der Waals surface area (Å²) in [4.78, 5) is 0. The Morgan fingerprint density at radius 1 is 1.32 bits per heavy atom. The van der Waals surface area contributed by atoms with Crippen LogP contribution in [0, 0.1) is 26.6 Å². The first kappa shape index (κ1) is 13.7. The van der Waals surface area contributed by atoms with Crippen molar-refractivity contribution >= 4 is 0 Å². The molecule has 0 saturated heterocycles. The van der Waals surface area contributed by atoms with Crippen molar-refractivity contribution in [2.24, 2.45) is 12.9 Å². The SMILES string of the molecule is Cc1ccc(F)c(C(NN)c2c(C)nn(C)c2C)c1. The summed E-state index contributed by atoms with van der Waals surface area (Å²) >= 11 is 0. The zero-order valence-corrected chi connectivity index (χ0v) is 11.7. The molecule has 3 N–H and O–H groups in total. The fourth-order valence-corrected chi connectivity index (χ4v) is 2.42. The van der Waals surface area contributed by atoms with Gasteiger partial charge in [-0.1, -0.05) is 17.7 Å². The number of hydrogen-bond donors (Lipinski definition) is 2. The van der Waals surface area contributed by atoms with Crippen LogP contribution in [0.2, 0.25) is 0 Å². The Bertz CT molecular complexity index is 604. The Hall–Kier alpha value is -1.72. The Balaban J connectivity index is 2.59. The van der Waals surface area contributed by atoms with E-state index in [4.69, 9.17) is 5.84 Å². The van der Waals surface area contributed by atoms with Gasteiger partial charge in [-0.15, -0.1) is 0 Å². The van der Waals surface area contributed by atoms with Crippen molar-refractivity contribution in [2.75, 3.05) is 0 Å². The number of halogens is 1. The average Bonchev–Trinajstić information content (AvgIpc) is 2.61. The first-order chi connectivity index (χ1) is 8.95. The molecule has 1 aromatic carbocycles. The molecule has 1 aromatic heterocycles. The molecule has 0 bridgehead atoms. The van der Waals surface area contributed by atoms with Crippen molar-refractivity contribution < 1.29 is 4.39 Å². The van der Waals surface area contributed by atoms with Gasteiger partial charge in [0, 0.05) is 23.9 Å². The van der Waals surface area contributed by atoms with E-state index in [1.807, 2.05) is 33.9 Å². The summed E-state index contributed by atoms with van der Waals surface area (Å²) in [6.45, 7) is 5.78. The van der Waals surface area contributed by atoms with Gasteiger partial charge in [0.15, 0.2) is 0 Å². The fourth-order valence-electron chi connectivity index (χ4n) is 2.42. The summed E-state index contributed by atoms with van der Waals surface area (Å²) in [7, 11) is 1.87. The first-order valence-corrected chi connectivity index (χ1v) is 6.18. The zero-order valence-electron chi connectivity index (χ0n) is 11.7. The second-order valence-electron chi connectivity index (χ2n) is 4.83. The van der Waals surface area contributed by atoms with E-state index in [1.165, 1.54) is 6.07 Å². The van der Waals surface area contributed by atoms with Crippen LogP contribution in [0.3, 0.4) is 0 Å². The smallest absolute Gasteiger partial charge is 0.128 e. The molecule has 0 aliphatic rings. The summed E-state index contributed by atoms with van der Waals surface area (Å²) in [6, 6.07) is 4.63. The van der Waals surface area contributed by atoms with E-state index in [2.05, 4.69) is 10.5 Å². The number of nitrogens with two attached hydrogens (primary N) is 1. The number of aryl methyl sites for hydroxylation is 3. The van der Waals surface area contributed by atoms with Crippen LogP contribution in [-0.4, -0.2) is 9.78 Å². The third-order valence-electron chi connectivity index (χ3n) is 3.48. The summed E-state index contributed by atoms with van der Waals surface area (Å²) < 4.78 is 15.8. The van der Waals surface area contributed by atoms with Crippen molar-refractivity contribution in [1.82, 2.24) is 15.2 Å². The molecule has 1 atom stereocenters. The molecule has 19 heavy (non-hydrogen) atoms. The van der Waals surface area contributed by atoms with E-state index >= 15 is 0 Å². The number of rotatable bonds is 3. The number of benzene rings is 1. The quantitative estimate of drug-likeness (QED) is 0.657. The molecule has 4 nitrogen and oxygen atoms in total. The number of aromatic nitrogens is 2. The van der Waals surface area contributed by atoms with Crippen LogP contribution in [0.25, 0.3) is 0 Å². The first-order valence-electron chi connectivity index (χ1n) is 6.18. The van der Waals surface area contributed by atoms with Gasteiger partial charge in [-0.05, 0) is 26.8 Å². The van der Waals surface area contributed by atoms with E-state index in [0.717, 1.165) is 22.5 Å². The summed E-state index contributed by atoms with van der Waals surface area (Å²) in [6.07, 6.45) is 0. The van der Waals surface area contributed by atoms with Crippen LogP contribution in [0.5, 0.6) is 0 Å². The third-order valence-corrected chi connectivity index (χ3v) is 3.48. The maximum atomic E-state index is 14.0. The molecule has 0 aliphatic carbocycles. The zero-order chi connectivity index (χ0) is 14.2. The van der Waals surface area contributed by atoms with E-state index in [1.54, 1.807) is 10.7 Å². The minimum absolute atomic E-state index is 0.267. The summed E-state index contributed by atoms with van der Waals surface area (Å²) in [5.41, 5.74) is 6.99. The lowest BCUT2D eigenvalue weighted by molar-refractivity contribution is 0.556. The van der Waals surface area contributed by atoms with Crippen LogP contribution >= 0.6 is 0 Å². The van der Waals surface area contributed by atoms with Gasteiger partial charge in [0.2, 0.25) is 0 Å². The molecular weight excluding hydrogens is 243 g/mol. The Morgan fingerprint density at radius 3 is 2.53 bits per heavy atom. The molecule has 0 radical (unpaired) electrons. The van der Waals surface area contributed by atoms with Gasteiger partial charge >= 0.3 is 0 Å². The van der Waals surface area contributed by atoms with Crippen LogP contribution in [0.15, 0.2) is 18.2 Å². The second-order valence-corrected chi connectivity index (χ2v) is 4.83. The van der Waals surface area contributed by atoms with Crippen molar-refractivity contribution in [3.63, 3.8) is 0 Å². The molecule has 0 fully saturated rings. The van der Waals surface area contributed by atoms with Crippen LogP contribution in [-0.2, 0) is 7.05 Å². The Kier molecular flexibility index (Phi) is 3.68. The molecule has 0 spiro atoms. The number of hydrogen-bond acceptors (Lipinski definition) is 3. The normalized spacial score (nSPS) is 12.7. The molecule has 0 amide bonds. The monoisotopic (exact) mass is 262 g/mol. The predicted molar refractivity (Wildman–Crippen MR) is 73.0 cm³/mol. The number of hydrazine groups is 1. The molecule has 1 heterocycles. The Morgan fingerprint density at radius 2 is 2.00 bits per heavy atom. The van der Waals surface area contributed by atoms with Crippen LogP contribution in [0.4, 0.5) is 4.39 Å². The number of nitrogens with one attached hydrogen (secondary N) is 1. The Labute approximate surface area is 112 Å². The van der Waals surface area contributed by atoms with Gasteiger partial charge in [0.05, 0.1) is 11.7 Å². The van der Waals surface area contributed by atoms with E-state index < -0.39 is 6.04 Å². The van der Waals surface area contributed by atoms with Gasteiger partial charge in [0.25, 0.3) is 0 Å². The molecule has 1 unspecified atom stereocenters. The summed E-state index contributed by atoms with van der Waals surface area (Å²) in [5, 5.41) is 4.36. The highest BCUT2D eigenvalue weighted by atomic mass is 19.1. The van der Waals surface area contributed by atoms with Gasteiger partial charge < -0.3 is 0 Å². The highest BCUT2D eigenvalue weighted by Gasteiger charge is 2.23. The van der Waals surface area contributed by atoms with Crippen molar-refractivity contribution in [3.8, 4) is 0 Å². The average molecular weight is 262 g/mol. The van der Waals surface area contributed by atoms with Crippen LogP contribution < -0.4 is 11.3 Å². The van der Waals surface area contributed by atoms with Crippen molar-refractivity contribution in [3.05, 3.63) is 52.1 Å². The lowest BCUT2D eigenvalue weighted by Crippen LogP contribution is -2.30. The molecule has 2 rings (SSSR count). The summed E-state index contributed by atoms with van der Waals surface area (Å²) in [5.74, 6) is 5.38. The van der Waals surface area contributed by atoms with Gasteiger partial charge in [-0.3, -0.25) is 10.5 Å². The van der Waals surface area contributed by atoms with Crippen molar-refractivity contribution in [2.45, 2.75) is 26.8 Å². The van der Waals surface area contributed by atoms with Gasteiger partial charge in [-0.25, -0.2) is 9.82 Å². The fraction of sp³-hybridized carbons (Fsp3) is 0.357. The van der Waals surface area contributed by atoms with E-state index in [9.17, 15) is 4.39 Å². The maximum Gasteiger partial charge on any atom is 0.128 e. The highest BCUT2D eigenvalue weighted by Crippen LogP contribution is 2.29. The van der Waals surface area contributed by atoms with E-state index in [-0.39, 0.29) is 5.82 Å².